The van der Waals surface area contributed by atoms with Crippen LogP contribution in [0.3, 0.4) is 0 Å². The van der Waals surface area contributed by atoms with E-state index < -0.39 is 51.5 Å². The van der Waals surface area contributed by atoms with Gasteiger partial charge in [0.05, 0.1) is 25.9 Å². The minimum atomic E-state index is -2.28. The van der Waals surface area contributed by atoms with Gasteiger partial charge in [-0.2, -0.15) is 0 Å². The number of rotatable bonds is 9. The minimum Gasteiger partial charge on any atom is -0.508 e. The van der Waals surface area contributed by atoms with Crippen LogP contribution in [0.5, 0.6) is 11.5 Å². The lowest BCUT2D eigenvalue weighted by Crippen LogP contribution is -2.81. The molecule has 0 radical (unpaired) electrons. The number of aromatic amines is 1. The van der Waals surface area contributed by atoms with E-state index in [9.17, 15) is 25.2 Å². The molecule has 2 bridgehead atoms. The number of nitrogens with one attached hydrogen (secondary N) is 2. The number of phenols is 1. The standard InChI is InChI=1S/C51H63N5O8/c1-6-47(61)27-32-28-50(46(60)64-5,41-35(18-23-55(29-32)30-47)34-11-8-9-12-38(34)53-41)37-25-36-39(26-40(37)63-4)54(3)43-49(36)20-24-56-22-10-19-48(7-2,42(49)56)44(58)51(43,62)45(59)52-21-17-31-13-15-33(57)16-14-31/h8-16,19,25-26,32,42-44,53,57-58,61-62H,6-7,17-18,20-24,27-30H2,1-5H3,(H,52,59)/t32-,42+,43-,44-,47+,48-,49-,50+,51+/m1/s1. The van der Waals surface area contributed by atoms with E-state index in [0.717, 1.165) is 39.0 Å². The number of fused-ring (bicyclic) bond motifs is 6. The number of nitrogens with zero attached hydrogens (tertiary/aromatic N) is 3. The van der Waals surface area contributed by atoms with Crippen molar-refractivity contribution >= 4 is 28.5 Å². The van der Waals surface area contributed by atoms with Gasteiger partial charge >= 0.3 is 5.97 Å². The number of anilines is 1. The molecule has 5 aliphatic heterocycles. The smallest absolute Gasteiger partial charge is 0.322 e. The van der Waals surface area contributed by atoms with Crippen LogP contribution in [-0.4, -0.2) is 137 Å². The van der Waals surface area contributed by atoms with Gasteiger partial charge < -0.3 is 45.1 Å². The number of amides is 1. The van der Waals surface area contributed by atoms with Gasteiger partial charge in [-0.15, -0.1) is 0 Å². The van der Waals surface area contributed by atoms with Crippen molar-refractivity contribution in [1.82, 2.24) is 20.1 Å². The Morgan fingerprint density at radius 1 is 0.969 bits per heavy atom. The topological polar surface area (TPSA) is 171 Å². The Balaban J connectivity index is 1.19. The molecule has 3 fully saturated rings. The number of esters is 1. The van der Waals surface area contributed by atoms with Crippen molar-refractivity contribution < 1.29 is 39.5 Å². The van der Waals surface area contributed by atoms with E-state index in [1.807, 2.05) is 56.1 Å². The fourth-order valence-corrected chi connectivity index (χ4v) is 14.2. The number of methoxy groups -OCH3 is 2. The van der Waals surface area contributed by atoms with E-state index in [1.54, 1.807) is 31.4 Å². The summed E-state index contributed by atoms with van der Waals surface area (Å²) < 4.78 is 12.4. The zero-order chi connectivity index (χ0) is 45.0. The molecule has 6 aliphatic rings. The Hall–Kier alpha value is -4.92. The van der Waals surface area contributed by atoms with E-state index in [2.05, 4.69) is 38.3 Å². The second-order valence-corrected chi connectivity index (χ2v) is 19.8. The van der Waals surface area contributed by atoms with Gasteiger partial charge in [0.1, 0.15) is 23.0 Å². The summed E-state index contributed by atoms with van der Waals surface area (Å²) >= 11 is 0. The number of aromatic nitrogens is 1. The molecule has 13 nitrogen and oxygen atoms in total. The molecule has 340 valence electrons. The number of aliphatic hydroxyl groups is 3. The molecule has 1 unspecified atom stereocenters. The number of H-pyrrole nitrogens is 1. The SMILES string of the molecule is CC[C@]1(O)C[C@H]2CN(CCc3c([nH]c4ccccc34)[C@@](C(=O)OC)(c3cc4c(cc3OC)N(C)[C@H]3[C@@](O)(C(=O)NCCc5ccc(O)cc5)[C@H](O)[C@]5(CC)C=CCN6CC[C@]43[C@@H]65)C2)C1. The van der Waals surface area contributed by atoms with Crippen LogP contribution in [0.4, 0.5) is 5.69 Å². The summed E-state index contributed by atoms with van der Waals surface area (Å²) in [6.45, 7) is 7.58. The molecule has 1 saturated carbocycles. The summed E-state index contributed by atoms with van der Waals surface area (Å²) in [5.74, 6) is -0.552. The molecular weight excluding hydrogens is 811 g/mol. The van der Waals surface area contributed by atoms with Crippen LogP contribution in [0.1, 0.15) is 73.9 Å². The second-order valence-electron chi connectivity index (χ2n) is 19.8. The number of piperidine rings is 1. The van der Waals surface area contributed by atoms with Crippen LogP contribution in [0.2, 0.25) is 0 Å². The lowest BCUT2D eigenvalue weighted by Gasteiger charge is -2.63. The highest BCUT2D eigenvalue weighted by Gasteiger charge is 2.78. The number of aromatic hydroxyl groups is 1. The molecule has 1 spiro atoms. The Bertz CT molecular complexity index is 2530. The van der Waals surface area contributed by atoms with Crippen LogP contribution >= 0.6 is 0 Å². The maximum atomic E-state index is 15.4. The molecule has 6 N–H and O–H groups in total. The summed E-state index contributed by atoms with van der Waals surface area (Å²) in [5.41, 5.74) is -0.619. The molecule has 64 heavy (non-hydrogen) atoms. The first-order chi connectivity index (χ1) is 30.7. The first-order valence-electron chi connectivity index (χ1n) is 23.2. The van der Waals surface area contributed by atoms with Crippen molar-refractivity contribution in [2.75, 3.05) is 65.4 Å². The summed E-state index contributed by atoms with van der Waals surface area (Å²) in [6.07, 6.45) is 6.25. The third-order valence-corrected chi connectivity index (χ3v) is 16.8. The summed E-state index contributed by atoms with van der Waals surface area (Å²) in [4.78, 5) is 40.9. The maximum Gasteiger partial charge on any atom is 0.322 e. The Labute approximate surface area is 375 Å². The van der Waals surface area contributed by atoms with Gasteiger partial charge in [0.15, 0.2) is 5.60 Å². The number of likely N-dealkylation sites (N-methyl/N-ethyl adjacent to an activating group) is 1. The normalized spacial score (nSPS) is 35.1. The number of carbonyl (C=O) groups excluding carboxylic acids is 2. The Morgan fingerprint density at radius 3 is 2.48 bits per heavy atom. The van der Waals surface area contributed by atoms with Crippen LogP contribution in [0.25, 0.3) is 10.9 Å². The van der Waals surface area contributed by atoms with Crippen LogP contribution in [0, 0.1) is 11.3 Å². The molecule has 3 aromatic carbocycles. The number of hydrogen-bond acceptors (Lipinski definition) is 11. The van der Waals surface area contributed by atoms with Gasteiger partial charge in [0, 0.05) is 90.6 Å². The molecule has 4 aromatic rings. The molecular formula is C51H63N5O8. The van der Waals surface area contributed by atoms with Crippen LogP contribution < -0.4 is 15.0 Å². The maximum absolute atomic E-state index is 15.4. The van der Waals surface area contributed by atoms with Crippen molar-refractivity contribution in [3.05, 3.63) is 101 Å². The number of para-hydroxylation sites is 1. The number of phenolic OH excluding ortho intramolecular Hbond substituents is 1. The quantitative estimate of drug-likeness (QED) is 0.105. The lowest BCUT2D eigenvalue weighted by atomic mass is 9.47. The van der Waals surface area contributed by atoms with Crippen LogP contribution in [0.15, 0.2) is 72.8 Å². The van der Waals surface area contributed by atoms with Crippen LogP contribution in [-0.2, 0) is 38.0 Å². The zero-order valence-corrected chi connectivity index (χ0v) is 37.7. The molecule has 2 saturated heterocycles. The Morgan fingerprint density at radius 2 is 1.75 bits per heavy atom. The monoisotopic (exact) mass is 873 g/mol. The van der Waals surface area contributed by atoms with E-state index >= 15 is 4.79 Å². The second kappa shape index (κ2) is 15.3. The number of ether oxygens (including phenoxy) is 2. The van der Waals surface area contributed by atoms with E-state index in [0.29, 0.717) is 89.0 Å². The first kappa shape index (κ1) is 43.0. The predicted molar refractivity (Wildman–Crippen MR) is 244 cm³/mol. The fourth-order valence-electron chi connectivity index (χ4n) is 14.2. The van der Waals surface area contributed by atoms with Gasteiger partial charge in [-0.1, -0.05) is 56.3 Å². The van der Waals surface area contributed by atoms with Crippen molar-refractivity contribution in [3.63, 3.8) is 0 Å². The number of benzene rings is 3. The minimum absolute atomic E-state index is 0.0971. The van der Waals surface area contributed by atoms with Gasteiger partial charge in [0.2, 0.25) is 0 Å². The van der Waals surface area contributed by atoms with Gasteiger partial charge in [-0.3, -0.25) is 19.4 Å². The van der Waals surface area contributed by atoms with E-state index in [4.69, 9.17) is 9.47 Å². The van der Waals surface area contributed by atoms with E-state index in [-0.39, 0.29) is 24.3 Å². The van der Waals surface area contributed by atoms with Crippen molar-refractivity contribution in [3.8, 4) is 11.5 Å². The molecule has 6 heterocycles. The fraction of sp³-hybridized carbons (Fsp3) is 0.529. The molecule has 1 amide bonds. The third kappa shape index (κ3) is 5.86. The van der Waals surface area contributed by atoms with Crippen molar-refractivity contribution in [1.29, 1.82) is 0 Å². The Kier molecular flexibility index (Phi) is 10.3. The first-order valence-corrected chi connectivity index (χ1v) is 23.2. The highest BCUT2D eigenvalue weighted by molar-refractivity contribution is 5.95. The largest absolute Gasteiger partial charge is 0.508 e. The van der Waals surface area contributed by atoms with Crippen molar-refractivity contribution in [2.45, 2.75) is 99.0 Å². The molecule has 10 atom stereocenters. The summed E-state index contributed by atoms with van der Waals surface area (Å²) in [7, 11) is 4.95. The summed E-state index contributed by atoms with van der Waals surface area (Å²) in [5, 5.41) is 52.3. The number of hydrogen-bond donors (Lipinski definition) is 6. The third-order valence-electron chi connectivity index (χ3n) is 16.8. The summed E-state index contributed by atoms with van der Waals surface area (Å²) in [6, 6.07) is 17.9. The average Bonchev–Trinajstić information content (AvgIpc) is 3.96. The average molecular weight is 874 g/mol. The van der Waals surface area contributed by atoms with Gasteiger partial charge in [0.25, 0.3) is 5.91 Å². The highest BCUT2D eigenvalue weighted by Crippen LogP contribution is 2.67. The highest BCUT2D eigenvalue weighted by atomic mass is 16.5. The number of aliphatic hydroxyl groups excluding tert-OH is 1. The molecule has 1 aliphatic carbocycles. The molecule has 10 rings (SSSR count). The zero-order valence-electron chi connectivity index (χ0n) is 37.7. The molecule has 13 heteroatoms. The predicted octanol–water partition coefficient (Wildman–Crippen LogP) is 4.31. The van der Waals surface area contributed by atoms with Gasteiger partial charge in [-0.25, -0.2) is 0 Å². The van der Waals surface area contributed by atoms with Crippen molar-refractivity contribution in [2.24, 2.45) is 11.3 Å². The number of carbonyl (C=O) groups is 2. The lowest BCUT2D eigenvalue weighted by molar-refractivity contribution is -0.203. The molecule has 1 aromatic heterocycles. The van der Waals surface area contributed by atoms with Gasteiger partial charge in [-0.05, 0) is 98.4 Å². The van der Waals surface area contributed by atoms with E-state index in [1.165, 1.54) is 7.11 Å².